The van der Waals surface area contributed by atoms with Crippen molar-refractivity contribution in [3.63, 3.8) is 0 Å². The number of nitriles is 1. The van der Waals surface area contributed by atoms with Crippen LogP contribution in [0.1, 0.15) is 5.56 Å². The molecular weight excluding hydrogens is 292 g/mol. The van der Waals surface area contributed by atoms with Gasteiger partial charge in [0.2, 0.25) is 0 Å². The van der Waals surface area contributed by atoms with Gasteiger partial charge in [-0.05, 0) is 51.8 Å². The number of rotatable bonds is 3. The summed E-state index contributed by atoms with van der Waals surface area (Å²) in [6.45, 7) is 0. The molecular formula is C14H11BrN2O. The highest BCUT2D eigenvalue weighted by Gasteiger charge is 2.05. The molecule has 2 rings (SSSR count). The molecule has 2 aromatic carbocycles. The van der Waals surface area contributed by atoms with Crippen molar-refractivity contribution in [2.24, 2.45) is 0 Å². The Labute approximate surface area is 114 Å². The summed E-state index contributed by atoms with van der Waals surface area (Å²) >= 11 is 3.42. The summed E-state index contributed by atoms with van der Waals surface area (Å²) in [5.74, 6) is 1.39. The minimum Gasteiger partial charge on any atom is -0.456 e. The van der Waals surface area contributed by atoms with Crippen LogP contribution in [0.25, 0.3) is 0 Å². The second kappa shape index (κ2) is 5.56. The van der Waals surface area contributed by atoms with Gasteiger partial charge in [0.25, 0.3) is 0 Å². The first-order valence-electron chi connectivity index (χ1n) is 5.38. The highest BCUT2D eigenvalue weighted by Crippen LogP contribution is 2.30. The van der Waals surface area contributed by atoms with E-state index in [0.29, 0.717) is 11.4 Å². The smallest absolute Gasteiger partial charge is 0.141 e. The minimum atomic E-state index is 0.277. The van der Waals surface area contributed by atoms with E-state index in [2.05, 4.69) is 22.0 Å². The van der Waals surface area contributed by atoms with E-state index in [1.165, 1.54) is 0 Å². The average Bonchev–Trinajstić information content (AvgIpc) is 2.36. The van der Waals surface area contributed by atoms with Crippen molar-refractivity contribution in [1.82, 2.24) is 0 Å². The summed E-state index contributed by atoms with van der Waals surface area (Å²) in [4.78, 5) is 0. The Kier molecular flexibility index (Phi) is 3.85. The molecule has 4 heteroatoms. The summed E-state index contributed by atoms with van der Waals surface area (Å²) in [5.41, 5.74) is 7.17. The largest absolute Gasteiger partial charge is 0.456 e. The van der Waals surface area contributed by atoms with Crippen LogP contribution in [-0.4, -0.2) is 0 Å². The lowest BCUT2D eigenvalue weighted by Gasteiger charge is -2.09. The van der Waals surface area contributed by atoms with Gasteiger partial charge in [-0.15, -0.1) is 0 Å². The molecule has 0 atom stereocenters. The third-order valence-corrected chi connectivity index (χ3v) is 3.10. The first-order chi connectivity index (χ1) is 8.70. The van der Waals surface area contributed by atoms with Crippen molar-refractivity contribution >= 4 is 21.6 Å². The van der Waals surface area contributed by atoms with Crippen LogP contribution < -0.4 is 10.5 Å². The van der Waals surface area contributed by atoms with E-state index < -0.39 is 0 Å². The van der Waals surface area contributed by atoms with Crippen LogP contribution in [0.15, 0.2) is 46.9 Å². The van der Waals surface area contributed by atoms with Gasteiger partial charge in [-0.3, -0.25) is 0 Å². The number of anilines is 1. The fourth-order valence-electron chi connectivity index (χ4n) is 1.54. The maximum atomic E-state index is 8.72. The molecule has 0 fully saturated rings. The van der Waals surface area contributed by atoms with E-state index in [-0.39, 0.29) is 6.42 Å². The third kappa shape index (κ3) is 2.82. The quantitative estimate of drug-likeness (QED) is 0.875. The maximum Gasteiger partial charge on any atom is 0.141 e. The van der Waals surface area contributed by atoms with E-state index in [1.54, 1.807) is 18.2 Å². The number of hydrogen-bond donors (Lipinski definition) is 1. The Morgan fingerprint density at radius 2 is 2.00 bits per heavy atom. The number of para-hydroxylation sites is 1. The van der Waals surface area contributed by atoms with Crippen LogP contribution in [0.4, 0.5) is 5.69 Å². The first-order valence-corrected chi connectivity index (χ1v) is 6.18. The number of benzene rings is 2. The van der Waals surface area contributed by atoms with Crippen molar-refractivity contribution in [2.75, 3.05) is 5.73 Å². The summed E-state index contributed by atoms with van der Waals surface area (Å²) in [6, 6.07) is 15.0. The molecule has 2 aromatic rings. The highest BCUT2D eigenvalue weighted by molar-refractivity contribution is 9.10. The van der Waals surface area contributed by atoms with E-state index >= 15 is 0 Å². The van der Waals surface area contributed by atoms with Crippen LogP contribution in [0.5, 0.6) is 11.5 Å². The Morgan fingerprint density at radius 3 is 2.72 bits per heavy atom. The number of ether oxygens (including phenoxy) is 1. The van der Waals surface area contributed by atoms with E-state index in [9.17, 15) is 0 Å². The van der Waals surface area contributed by atoms with Gasteiger partial charge >= 0.3 is 0 Å². The molecule has 0 radical (unpaired) electrons. The number of hydrogen-bond acceptors (Lipinski definition) is 3. The molecule has 0 spiro atoms. The summed E-state index contributed by atoms with van der Waals surface area (Å²) < 4.78 is 6.62. The Bertz CT molecular complexity index is 605. The molecule has 0 aromatic heterocycles. The fraction of sp³-hybridized carbons (Fsp3) is 0.0714. The molecule has 0 aliphatic heterocycles. The molecule has 90 valence electrons. The first kappa shape index (κ1) is 12.5. The van der Waals surface area contributed by atoms with Gasteiger partial charge in [0.05, 0.1) is 17.0 Å². The molecule has 0 aliphatic carbocycles. The molecule has 0 aliphatic rings. The Morgan fingerprint density at radius 1 is 1.22 bits per heavy atom. The number of nitrogen functional groups attached to an aromatic ring is 1. The highest BCUT2D eigenvalue weighted by atomic mass is 79.9. The van der Waals surface area contributed by atoms with Crippen molar-refractivity contribution in [3.05, 3.63) is 52.5 Å². The van der Waals surface area contributed by atoms with Crippen molar-refractivity contribution in [2.45, 2.75) is 6.42 Å². The zero-order valence-electron chi connectivity index (χ0n) is 9.56. The summed E-state index contributed by atoms with van der Waals surface area (Å²) in [7, 11) is 0. The molecule has 0 unspecified atom stereocenters. The second-order valence-corrected chi connectivity index (χ2v) is 4.58. The lowest BCUT2D eigenvalue weighted by molar-refractivity contribution is 0.479. The number of nitrogens with zero attached hydrogens (tertiary/aromatic N) is 1. The van der Waals surface area contributed by atoms with Crippen LogP contribution in [0.2, 0.25) is 0 Å². The van der Waals surface area contributed by atoms with Gasteiger partial charge in [0, 0.05) is 5.69 Å². The van der Waals surface area contributed by atoms with Crippen LogP contribution in [0, 0.1) is 11.3 Å². The van der Waals surface area contributed by atoms with Gasteiger partial charge in [0.15, 0.2) is 0 Å². The fourth-order valence-corrected chi connectivity index (χ4v) is 1.90. The van der Waals surface area contributed by atoms with Crippen molar-refractivity contribution < 1.29 is 4.74 Å². The lowest BCUT2D eigenvalue weighted by atomic mass is 10.1. The molecule has 3 nitrogen and oxygen atoms in total. The molecule has 18 heavy (non-hydrogen) atoms. The average molecular weight is 303 g/mol. The Hall–Kier alpha value is -1.99. The van der Waals surface area contributed by atoms with Gasteiger partial charge < -0.3 is 10.5 Å². The number of halogens is 1. The van der Waals surface area contributed by atoms with Crippen LogP contribution >= 0.6 is 15.9 Å². The van der Waals surface area contributed by atoms with Gasteiger partial charge in [-0.25, -0.2) is 0 Å². The molecule has 2 N–H and O–H groups in total. The molecule has 0 amide bonds. The van der Waals surface area contributed by atoms with Gasteiger partial charge in [0.1, 0.15) is 11.5 Å². The topological polar surface area (TPSA) is 59.0 Å². The zero-order valence-corrected chi connectivity index (χ0v) is 11.1. The molecule has 0 bridgehead atoms. The number of nitrogens with two attached hydrogens (primary N) is 1. The molecule has 0 saturated carbocycles. The lowest BCUT2D eigenvalue weighted by Crippen LogP contribution is -1.94. The normalized spacial score (nSPS) is 9.78. The van der Waals surface area contributed by atoms with Crippen LogP contribution in [0.3, 0.4) is 0 Å². The van der Waals surface area contributed by atoms with Crippen molar-refractivity contribution in [3.8, 4) is 17.6 Å². The minimum absolute atomic E-state index is 0.277. The van der Waals surface area contributed by atoms with Gasteiger partial charge in [-0.2, -0.15) is 5.26 Å². The monoisotopic (exact) mass is 302 g/mol. The predicted octanol–water partition coefficient (Wildman–Crippen LogP) is 3.89. The summed E-state index contributed by atoms with van der Waals surface area (Å²) in [6.07, 6.45) is 0.277. The third-order valence-electron chi connectivity index (χ3n) is 2.45. The predicted molar refractivity (Wildman–Crippen MR) is 74.4 cm³/mol. The van der Waals surface area contributed by atoms with Crippen molar-refractivity contribution in [1.29, 1.82) is 5.26 Å². The zero-order chi connectivity index (χ0) is 13.0. The van der Waals surface area contributed by atoms with E-state index in [0.717, 1.165) is 15.8 Å². The van der Waals surface area contributed by atoms with E-state index in [1.807, 2.05) is 24.3 Å². The molecule has 0 heterocycles. The van der Waals surface area contributed by atoms with E-state index in [4.69, 9.17) is 15.7 Å². The standard InChI is InChI=1S/C14H11BrN2O/c15-12-3-1-2-4-14(12)18-11-5-6-13(17)10(9-11)7-8-16/h1-6,9H,7,17H2. The maximum absolute atomic E-state index is 8.72. The SMILES string of the molecule is N#CCc1cc(Oc2ccccc2Br)ccc1N. The van der Waals surface area contributed by atoms with Gasteiger partial charge in [-0.1, -0.05) is 12.1 Å². The Balaban J connectivity index is 2.28. The molecule has 0 saturated heterocycles. The van der Waals surface area contributed by atoms with Crippen LogP contribution in [-0.2, 0) is 6.42 Å². The summed E-state index contributed by atoms with van der Waals surface area (Å²) in [5, 5.41) is 8.72. The second-order valence-electron chi connectivity index (χ2n) is 3.73.